The number of nitrogens with zero attached hydrogens (tertiary/aromatic N) is 1. The van der Waals surface area contributed by atoms with E-state index in [-0.39, 0.29) is 11.6 Å². The molecule has 1 aromatic rings. The van der Waals surface area contributed by atoms with Crippen LogP contribution in [0.4, 0.5) is 0 Å². The first kappa shape index (κ1) is 12.6. The molecule has 1 N–H and O–H groups in total. The van der Waals surface area contributed by atoms with Crippen LogP contribution < -0.4 is 5.32 Å². The van der Waals surface area contributed by atoms with E-state index in [1.54, 1.807) is 6.26 Å². The Morgan fingerprint density at radius 3 is 2.59 bits per heavy atom. The van der Waals surface area contributed by atoms with Gasteiger partial charge in [0, 0.05) is 24.2 Å². The van der Waals surface area contributed by atoms with E-state index < -0.39 is 0 Å². The Bertz CT molecular complexity index is 329. The van der Waals surface area contributed by atoms with Gasteiger partial charge in [0.2, 0.25) is 0 Å². The minimum atomic E-state index is 0.0441. The average molecular weight is 238 g/mol. The number of ether oxygens (including phenoxy) is 1. The van der Waals surface area contributed by atoms with Crippen molar-refractivity contribution >= 4 is 0 Å². The van der Waals surface area contributed by atoms with Gasteiger partial charge in [0.1, 0.15) is 0 Å². The number of furan rings is 1. The second-order valence-corrected chi connectivity index (χ2v) is 5.03. The van der Waals surface area contributed by atoms with Gasteiger partial charge in [0.15, 0.2) is 0 Å². The second-order valence-electron chi connectivity index (χ2n) is 5.03. The highest BCUT2D eigenvalue weighted by Gasteiger charge is 2.36. The summed E-state index contributed by atoms with van der Waals surface area (Å²) >= 11 is 0. The van der Waals surface area contributed by atoms with Crippen LogP contribution in [0, 0.1) is 0 Å². The largest absolute Gasteiger partial charge is 0.472 e. The van der Waals surface area contributed by atoms with Crippen molar-refractivity contribution in [2.45, 2.75) is 25.4 Å². The molecule has 1 aliphatic heterocycles. The van der Waals surface area contributed by atoms with Crippen molar-refractivity contribution in [2.75, 3.05) is 33.4 Å². The maximum atomic E-state index is 5.42. The van der Waals surface area contributed by atoms with Crippen LogP contribution in [0.5, 0.6) is 0 Å². The van der Waals surface area contributed by atoms with E-state index in [1.807, 2.05) is 19.4 Å². The molecule has 0 spiro atoms. The molecular weight excluding hydrogens is 216 g/mol. The Labute approximate surface area is 103 Å². The van der Waals surface area contributed by atoms with E-state index in [1.165, 1.54) is 5.56 Å². The molecule has 2 heterocycles. The van der Waals surface area contributed by atoms with E-state index in [0.29, 0.717) is 0 Å². The highest BCUT2D eigenvalue weighted by molar-refractivity contribution is 5.17. The fourth-order valence-electron chi connectivity index (χ4n) is 2.69. The third-order valence-electron chi connectivity index (χ3n) is 3.70. The number of likely N-dealkylation sites (N-methyl/N-ethyl adjacent to an activating group) is 1. The number of rotatable bonds is 4. The molecule has 2 rings (SSSR count). The summed E-state index contributed by atoms with van der Waals surface area (Å²) < 4.78 is 10.6. The average Bonchev–Trinajstić information content (AvgIpc) is 2.84. The molecule has 96 valence electrons. The molecule has 1 atom stereocenters. The van der Waals surface area contributed by atoms with E-state index in [0.717, 1.165) is 26.3 Å². The minimum absolute atomic E-state index is 0.0441. The van der Waals surface area contributed by atoms with Gasteiger partial charge < -0.3 is 14.5 Å². The lowest BCUT2D eigenvalue weighted by Gasteiger charge is -2.45. The summed E-state index contributed by atoms with van der Waals surface area (Å²) in [6.45, 7) is 8.17. The molecule has 0 radical (unpaired) electrons. The molecule has 4 nitrogen and oxygen atoms in total. The molecule has 4 heteroatoms. The number of hydrogen-bond acceptors (Lipinski definition) is 4. The highest BCUT2D eigenvalue weighted by atomic mass is 16.5. The highest BCUT2D eigenvalue weighted by Crippen LogP contribution is 2.31. The fourth-order valence-corrected chi connectivity index (χ4v) is 2.69. The summed E-state index contributed by atoms with van der Waals surface area (Å²) in [4.78, 5) is 2.48. The fraction of sp³-hybridized carbons (Fsp3) is 0.692. The van der Waals surface area contributed by atoms with Crippen LogP contribution in [0.1, 0.15) is 25.5 Å². The summed E-state index contributed by atoms with van der Waals surface area (Å²) in [5, 5.41) is 3.40. The molecule has 17 heavy (non-hydrogen) atoms. The number of hydrogen-bond donors (Lipinski definition) is 1. The zero-order valence-corrected chi connectivity index (χ0v) is 10.9. The van der Waals surface area contributed by atoms with Gasteiger partial charge in [-0.3, -0.25) is 4.90 Å². The molecule has 1 fully saturated rings. The van der Waals surface area contributed by atoms with Gasteiger partial charge in [0.25, 0.3) is 0 Å². The van der Waals surface area contributed by atoms with Crippen molar-refractivity contribution in [3.63, 3.8) is 0 Å². The maximum Gasteiger partial charge on any atom is 0.0951 e. The third kappa shape index (κ3) is 2.54. The van der Waals surface area contributed by atoms with E-state index in [2.05, 4.69) is 24.1 Å². The monoisotopic (exact) mass is 238 g/mol. The minimum Gasteiger partial charge on any atom is -0.472 e. The lowest BCUT2D eigenvalue weighted by atomic mass is 9.88. The summed E-state index contributed by atoms with van der Waals surface area (Å²) in [5.41, 5.74) is 1.24. The van der Waals surface area contributed by atoms with Crippen molar-refractivity contribution in [3.8, 4) is 0 Å². The van der Waals surface area contributed by atoms with Gasteiger partial charge in [-0.15, -0.1) is 0 Å². The van der Waals surface area contributed by atoms with Crippen LogP contribution in [0.25, 0.3) is 0 Å². The molecule has 1 aromatic heterocycles. The van der Waals surface area contributed by atoms with Gasteiger partial charge in [-0.2, -0.15) is 0 Å². The zero-order chi connectivity index (χ0) is 12.3. The Morgan fingerprint density at radius 1 is 1.35 bits per heavy atom. The van der Waals surface area contributed by atoms with Crippen LogP contribution in [-0.2, 0) is 4.74 Å². The molecule has 1 aliphatic rings. The number of morpholine rings is 1. The lowest BCUT2D eigenvalue weighted by Crippen LogP contribution is -2.55. The maximum absolute atomic E-state index is 5.42. The molecule has 0 bridgehead atoms. The normalized spacial score (nSPS) is 20.4. The molecule has 1 unspecified atom stereocenters. The zero-order valence-electron chi connectivity index (χ0n) is 10.9. The first-order valence-electron chi connectivity index (χ1n) is 6.18. The van der Waals surface area contributed by atoms with E-state index in [9.17, 15) is 0 Å². The molecule has 0 amide bonds. The SMILES string of the molecule is CNC(c1ccoc1)C(C)(C)N1CCOCC1. The first-order chi connectivity index (χ1) is 8.16. The standard InChI is InChI=1S/C13H22N2O2/c1-13(2,15-5-8-16-9-6-15)12(14-3)11-4-7-17-10-11/h4,7,10,12,14H,5-6,8-9H2,1-3H3. The lowest BCUT2D eigenvalue weighted by molar-refractivity contribution is -0.0229. The Morgan fingerprint density at radius 2 is 2.06 bits per heavy atom. The summed E-state index contributed by atoms with van der Waals surface area (Å²) in [5.74, 6) is 0. The van der Waals surface area contributed by atoms with Gasteiger partial charge >= 0.3 is 0 Å². The number of nitrogens with one attached hydrogen (secondary N) is 1. The van der Waals surface area contributed by atoms with Crippen LogP contribution >= 0.6 is 0 Å². The van der Waals surface area contributed by atoms with Crippen LogP contribution in [0.3, 0.4) is 0 Å². The van der Waals surface area contributed by atoms with Crippen molar-refractivity contribution in [1.82, 2.24) is 10.2 Å². The Hall–Kier alpha value is -0.840. The van der Waals surface area contributed by atoms with Crippen molar-refractivity contribution in [2.24, 2.45) is 0 Å². The first-order valence-corrected chi connectivity index (χ1v) is 6.18. The smallest absolute Gasteiger partial charge is 0.0951 e. The van der Waals surface area contributed by atoms with Crippen molar-refractivity contribution < 1.29 is 9.15 Å². The van der Waals surface area contributed by atoms with Crippen LogP contribution in [0.15, 0.2) is 23.0 Å². The van der Waals surface area contributed by atoms with Gasteiger partial charge in [-0.25, -0.2) is 0 Å². The topological polar surface area (TPSA) is 37.6 Å². The predicted octanol–water partition coefficient (Wildman–Crippen LogP) is 1.65. The third-order valence-corrected chi connectivity index (χ3v) is 3.70. The second kappa shape index (κ2) is 5.21. The quantitative estimate of drug-likeness (QED) is 0.865. The molecular formula is C13H22N2O2. The van der Waals surface area contributed by atoms with Gasteiger partial charge in [0.05, 0.1) is 31.8 Å². The summed E-state index contributed by atoms with van der Waals surface area (Å²) in [7, 11) is 2.00. The van der Waals surface area contributed by atoms with Gasteiger partial charge in [-0.05, 0) is 27.0 Å². The molecule has 1 saturated heterocycles. The molecule has 0 aromatic carbocycles. The van der Waals surface area contributed by atoms with E-state index >= 15 is 0 Å². The van der Waals surface area contributed by atoms with Crippen LogP contribution in [-0.4, -0.2) is 43.8 Å². The molecule has 0 aliphatic carbocycles. The summed E-state index contributed by atoms with van der Waals surface area (Å²) in [6, 6.07) is 2.29. The van der Waals surface area contributed by atoms with E-state index in [4.69, 9.17) is 9.15 Å². The summed E-state index contributed by atoms with van der Waals surface area (Å²) in [6.07, 6.45) is 3.55. The van der Waals surface area contributed by atoms with Crippen molar-refractivity contribution in [1.29, 1.82) is 0 Å². The van der Waals surface area contributed by atoms with Gasteiger partial charge in [-0.1, -0.05) is 0 Å². The Balaban J connectivity index is 2.16. The predicted molar refractivity (Wildman–Crippen MR) is 67.0 cm³/mol. The Kier molecular flexibility index (Phi) is 3.86. The molecule has 0 saturated carbocycles. The van der Waals surface area contributed by atoms with Crippen molar-refractivity contribution in [3.05, 3.63) is 24.2 Å². The van der Waals surface area contributed by atoms with Crippen LogP contribution in [0.2, 0.25) is 0 Å².